The smallest absolute Gasteiger partial charge is 0.243 e. The first kappa shape index (κ1) is 22.2. The molecule has 0 atom stereocenters. The van der Waals surface area contributed by atoms with Gasteiger partial charge in [-0.3, -0.25) is 0 Å². The number of imidazole rings is 1. The Balaban J connectivity index is 1.93. The van der Waals surface area contributed by atoms with Crippen molar-refractivity contribution in [2.45, 2.75) is 91.1 Å². The Morgan fingerprint density at radius 1 is 0.720 bits per heavy atom. The maximum atomic E-state index is 5.66. The molecule has 1 heterocycles. The highest BCUT2D eigenvalue weighted by atomic mass is 16.5. The van der Waals surface area contributed by atoms with E-state index in [4.69, 9.17) is 9.47 Å². The van der Waals surface area contributed by atoms with Crippen molar-refractivity contribution in [3.8, 4) is 0 Å². The van der Waals surface area contributed by atoms with Crippen molar-refractivity contribution in [2.24, 2.45) is 0 Å². The summed E-state index contributed by atoms with van der Waals surface area (Å²) in [6.07, 6.45) is 18.8. The average molecular weight is 354 g/mol. The van der Waals surface area contributed by atoms with Gasteiger partial charge in [0.2, 0.25) is 6.33 Å². The fourth-order valence-corrected chi connectivity index (χ4v) is 2.81. The molecule has 0 aliphatic carbocycles. The van der Waals surface area contributed by atoms with Gasteiger partial charge in [0.15, 0.2) is 0 Å². The summed E-state index contributed by atoms with van der Waals surface area (Å²) in [5, 5.41) is 0. The van der Waals surface area contributed by atoms with Crippen molar-refractivity contribution in [3.63, 3.8) is 0 Å². The second kappa shape index (κ2) is 16.6. The van der Waals surface area contributed by atoms with Crippen LogP contribution in [0.15, 0.2) is 18.7 Å². The Kier molecular flexibility index (Phi) is 14.7. The molecule has 1 rings (SSSR count). The monoisotopic (exact) mass is 353 g/mol. The number of nitrogens with zero attached hydrogens (tertiary/aromatic N) is 2. The van der Waals surface area contributed by atoms with Gasteiger partial charge in [0.25, 0.3) is 0 Å². The van der Waals surface area contributed by atoms with Gasteiger partial charge in [-0.05, 0) is 38.5 Å². The molecule has 0 spiro atoms. The van der Waals surface area contributed by atoms with E-state index >= 15 is 0 Å². The van der Waals surface area contributed by atoms with E-state index in [1.807, 2.05) is 0 Å². The lowest BCUT2D eigenvalue weighted by Gasteiger charge is -2.03. The Labute approximate surface area is 155 Å². The fraction of sp³-hybridized carbons (Fsp3) is 0.857. The maximum Gasteiger partial charge on any atom is 0.243 e. The van der Waals surface area contributed by atoms with Crippen molar-refractivity contribution in [1.29, 1.82) is 0 Å². The summed E-state index contributed by atoms with van der Waals surface area (Å²) < 4.78 is 15.9. The minimum atomic E-state index is 0.906. The molecule has 4 heteroatoms. The minimum Gasteiger partial charge on any atom is -0.381 e. The molecule has 1 aromatic rings. The number of hydrogen-bond donors (Lipinski definition) is 0. The molecule has 0 fully saturated rings. The van der Waals surface area contributed by atoms with E-state index < -0.39 is 0 Å². The quantitative estimate of drug-likeness (QED) is 0.281. The molecule has 0 radical (unpaired) electrons. The highest BCUT2D eigenvalue weighted by molar-refractivity contribution is 4.66. The molecule has 0 aliphatic rings. The topological polar surface area (TPSA) is 27.3 Å². The molecule has 0 N–H and O–H groups in total. The first-order chi connectivity index (χ1) is 12.4. The zero-order valence-corrected chi connectivity index (χ0v) is 16.8. The predicted octanol–water partition coefficient (Wildman–Crippen LogP) is 4.75. The number of rotatable bonds is 18. The zero-order chi connectivity index (χ0) is 18.0. The van der Waals surface area contributed by atoms with Crippen LogP contribution in [0.1, 0.15) is 78.1 Å². The van der Waals surface area contributed by atoms with Gasteiger partial charge in [-0.15, -0.1) is 0 Å². The van der Waals surface area contributed by atoms with Crippen LogP contribution in [0.25, 0.3) is 0 Å². The lowest BCUT2D eigenvalue weighted by Crippen LogP contribution is -2.31. The standard InChI is InChI=1S/C21H41N2O2/c1-3-5-9-17-24-19-11-7-13-22-15-16-23(21-22)14-8-12-20-25-18-10-6-4-2/h15-16,21H,3-14,17-20H2,1-2H3/q+1. The first-order valence-electron chi connectivity index (χ1n) is 10.6. The van der Waals surface area contributed by atoms with Gasteiger partial charge >= 0.3 is 0 Å². The van der Waals surface area contributed by atoms with Gasteiger partial charge in [-0.25, -0.2) is 9.13 Å². The van der Waals surface area contributed by atoms with Gasteiger partial charge in [0.05, 0.1) is 13.1 Å². The maximum absolute atomic E-state index is 5.66. The van der Waals surface area contributed by atoms with Gasteiger partial charge < -0.3 is 9.47 Å². The fourth-order valence-electron chi connectivity index (χ4n) is 2.81. The molecule has 0 aromatic carbocycles. The second-order valence-electron chi connectivity index (χ2n) is 6.94. The molecule has 0 saturated heterocycles. The van der Waals surface area contributed by atoms with E-state index in [0.717, 1.165) is 52.4 Å². The molecule has 0 amide bonds. The summed E-state index contributed by atoms with van der Waals surface area (Å²) in [6, 6.07) is 0. The third-order valence-electron chi connectivity index (χ3n) is 4.44. The number of aromatic nitrogens is 2. The van der Waals surface area contributed by atoms with Crippen molar-refractivity contribution in [1.82, 2.24) is 4.57 Å². The lowest BCUT2D eigenvalue weighted by atomic mass is 10.3. The SMILES string of the molecule is CCCCCOCCCCn1cc[n+](CCCCOCCCCC)c1. The van der Waals surface area contributed by atoms with Crippen molar-refractivity contribution < 1.29 is 14.0 Å². The number of ether oxygens (including phenoxy) is 2. The Morgan fingerprint density at radius 3 is 1.88 bits per heavy atom. The van der Waals surface area contributed by atoms with Crippen LogP contribution in [0, 0.1) is 0 Å². The molecular formula is C21H41N2O2+. The summed E-state index contributed by atoms with van der Waals surface area (Å²) in [5.41, 5.74) is 0. The number of aryl methyl sites for hydroxylation is 2. The van der Waals surface area contributed by atoms with Gasteiger partial charge in [0, 0.05) is 26.4 Å². The summed E-state index contributed by atoms with van der Waals surface area (Å²) >= 11 is 0. The van der Waals surface area contributed by atoms with Gasteiger partial charge in [-0.1, -0.05) is 39.5 Å². The molecule has 146 valence electrons. The van der Waals surface area contributed by atoms with E-state index in [2.05, 4.69) is 41.7 Å². The molecule has 0 saturated carbocycles. The molecule has 0 bridgehead atoms. The highest BCUT2D eigenvalue weighted by Crippen LogP contribution is 1.99. The summed E-state index contributed by atoms with van der Waals surface area (Å²) in [4.78, 5) is 0. The normalized spacial score (nSPS) is 11.3. The largest absolute Gasteiger partial charge is 0.381 e. The first-order valence-corrected chi connectivity index (χ1v) is 10.6. The molecule has 4 nitrogen and oxygen atoms in total. The van der Waals surface area contributed by atoms with E-state index in [1.54, 1.807) is 0 Å². The average Bonchev–Trinajstić information content (AvgIpc) is 3.07. The van der Waals surface area contributed by atoms with Crippen LogP contribution in [-0.4, -0.2) is 31.0 Å². The molecular weight excluding hydrogens is 312 g/mol. The molecule has 0 unspecified atom stereocenters. The van der Waals surface area contributed by atoms with Crippen molar-refractivity contribution in [3.05, 3.63) is 18.7 Å². The summed E-state index contributed by atoms with van der Waals surface area (Å²) in [5.74, 6) is 0. The number of unbranched alkanes of at least 4 members (excludes halogenated alkanes) is 6. The number of hydrogen-bond acceptors (Lipinski definition) is 2. The minimum absolute atomic E-state index is 0.906. The van der Waals surface area contributed by atoms with Crippen LogP contribution in [-0.2, 0) is 22.6 Å². The third-order valence-corrected chi connectivity index (χ3v) is 4.44. The Bertz CT molecular complexity index is 359. The summed E-state index contributed by atoms with van der Waals surface area (Å²) in [6.45, 7) is 10.3. The Morgan fingerprint density at radius 2 is 1.28 bits per heavy atom. The zero-order valence-electron chi connectivity index (χ0n) is 16.8. The predicted molar refractivity (Wildman–Crippen MR) is 104 cm³/mol. The van der Waals surface area contributed by atoms with Crippen LogP contribution in [0.3, 0.4) is 0 Å². The summed E-state index contributed by atoms with van der Waals surface area (Å²) in [7, 11) is 0. The van der Waals surface area contributed by atoms with Crippen molar-refractivity contribution >= 4 is 0 Å². The van der Waals surface area contributed by atoms with E-state index in [9.17, 15) is 0 Å². The van der Waals surface area contributed by atoms with Crippen LogP contribution in [0.2, 0.25) is 0 Å². The van der Waals surface area contributed by atoms with Crippen LogP contribution in [0.4, 0.5) is 0 Å². The van der Waals surface area contributed by atoms with Gasteiger partial charge in [0.1, 0.15) is 12.4 Å². The Hall–Kier alpha value is -0.870. The second-order valence-corrected chi connectivity index (χ2v) is 6.94. The molecule has 0 aliphatic heterocycles. The van der Waals surface area contributed by atoms with E-state index in [1.165, 1.54) is 51.4 Å². The van der Waals surface area contributed by atoms with E-state index in [0.29, 0.717) is 0 Å². The highest BCUT2D eigenvalue weighted by Gasteiger charge is 2.03. The van der Waals surface area contributed by atoms with Crippen LogP contribution < -0.4 is 4.57 Å². The molecule has 25 heavy (non-hydrogen) atoms. The van der Waals surface area contributed by atoms with Crippen LogP contribution >= 0.6 is 0 Å². The van der Waals surface area contributed by atoms with Crippen LogP contribution in [0.5, 0.6) is 0 Å². The third kappa shape index (κ3) is 13.1. The molecule has 1 aromatic heterocycles. The van der Waals surface area contributed by atoms with E-state index in [-0.39, 0.29) is 0 Å². The van der Waals surface area contributed by atoms with Gasteiger partial charge in [-0.2, -0.15) is 0 Å². The van der Waals surface area contributed by atoms with Crippen molar-refractivity contribution in [2.75, 3.05) is 26.4 Å². The lowest BCUT2D eigenvalue weighted by molar-refractivity contribution is -0.697.